The van der Waals surface area contributed by atoms with Crippen LogP contribution < -0.4 is 5.73 Å². The number of hydrogen-bond donors (Lipinski definition) is 9. The number of aliphatic hydroxyl groups is 7. The summed E-state index contributed by atoms with van der Waals surface area (Å²) in [6.07, 6.45) is -12.4. The lowest BCUT2D eigenvalue weighted by Crippen LogP contribution is -2.55. The Kier molecular flexibility index (Phi) is 13.9. The molecule has 10 N–H and O–H groups in total. The van der Waals surface area contributed by atoms with Gasteiger partial charge in [0.05, 0.1) is 37.6 Å². The number of thioether (sulfide) groups is 1. The van der Waals surface area contributed by atoms with E-state index in [2.05, 4.69) is 0 Å². The van der Waals surface area contributed by atoms with Gasteiger partial charge in [-0.3, -0.25) is 4.79 Å². The molecule has 2 rings (SSSR count). The zero-order valence-electron chi connectivity index (χ0n) is 20.4. The van der Waals surface area contributed by atoms with E-state index in [0.717, 1.165) is 11.8 Å². The molecule has 0 aromatic heterocycles. The summed E-state index contributed by atoms with van der Waals surface area (Å²) in [7, 11) is 0. The Morgan fingerprint density at radius 1 is 1.08 bits per heavy atom. The lowest BCUT2D eigenvalue weighted by molar-refractivity contribution is -0.324. The molecule has 0 radical (unpaired) electrons. The van der Waals surface area contributed by atoms with Crippen molar-refractivity contribution < 1.29 is 69.3 Å². The highest BCUT2D eigenvalue weighted by Crippen LogP contribution is 2.30. The molecule has 12 atom stereocenters. The molecule has 2 aliphatic rings. The van der Waals surface area contributed by atoms with Crippen LogP contribution in [0.1, 0.15) is 19.8 Å². The first-order chi connectivity index (χ1) is 17.5. The zero-order valence-corrected chi connectivity index (χ0v) is 21.2. The number of rotatable bonds is 15. The molecule has 2 saturated heterocycles. The molecule has 6 unspecified atom stereocenters. The summed E-state index contributed by atoms with van der Waals surface area (Å²) in [5.74, 6) is -0.917. The fraction of sp³-hybridized carbons (Fsp3) is 0.952. The molecule has 0 spiro atoms. The van der Waals surface area contributed by atoms with Crippen LogP contribution in [0.15, 0.2) is 0 Å². The normalized spacial score (nSPS) is 36.0. The third-order valence-electron chi connectivity index (χ3n) is 6.05. The second-order valence-corrected chi connectivity index (χ2v) is 10.1. The van der Waals surface area contributed by atoms with Crippen molar-refractivity contribution in [2.24, 2.45) is 5.73 Å². The SMILES string of the molecule is CC(O)[C@H](O)C(CO)OCO[C@H]1CC(O)[C@H](O[C@H]2CC(O)[C@H](O)OC2CSC[C@@H](N)C(=O)O)OC1CO. The van der Waals surface area contributed by atoms with Crippen molar-refractivity contribution in [2.75, 3.05) is 31.5 Å². The summed E-state index contributed by atoms with van der Waals surface area (Å²) < 4.78 is 27.7. The van der Waals surface area contributed by atoms with Gasteiger partial charge in [-0.2, -0.15) is 11.8 Å². The van der Waals surface area contributed by atoms with Crippen LogP contribution in [0, 0.1) is 0 Å². The van der Waals surface area contributed by atoms with E-state index in [-0.39, 0.29) is 24.3 Å². The van der Waals surface area contributed by atoms with Crippen molar-refractivity contribution in [3.8, 4) is 0 Å². The van der Waals surface area contributed by atoms with Crippen molar-refractivity contribution in [1.82, 2.24) is 0 Å². The Balaban J connectivity index is 1.93. The minimum Gasteiger partial charge on any atom is -0.480 e. The van der Waals surface area contributed by atoms with Gasteiger partial charge in [0.15, 0.2) is 12.6 Å². The molecular weight excluding hydrogens is 522 g/mol. The van der Waals surface area contributed by atoms with Crippen molar-refractivity contribution in [2.45, 2.75) is 93.3 Å². The van der Waals surface area contributed by atoms with E-state index in [1.165, 1.54) is 6.92 Å². The molecular formula is C21H39NO14S. The number of aliphatic hydroxyl groups excluding tert-OH is 7. The maximum atomic E-state index is 10.9. The number of aliphatic carboxylic acids is 1. The van der Waals surface area contributed by atoms with Gasteiger partial charge in [-0.05, 0) is 6.92 Å². The minimum atomic E-state index is -1.48. The molecule has 0 amide bonds. The summed E-state index contributed by atoms with van der Waals surface area (Å²) in [6.45, 7) is -0.192. The Morgan fingerprint density at radius 2 is 1.76 bits per heavy atom. The molecule has 16 heteroatoms. The molecule has 2 heterocycles. The van der Waals surface area contributed by atoms with Gasteiger partial charge in [-0.25, -0.2) is 0 Å². The summed E-state index contributed by atoms with van der Waals surface area (Å²) in [6, 6.07) is -1.10. The van der Waals surface area contributed by atoms with Crippen molar-refractivity contribution >= 4 is 17.7 Å². The van der Waals surface area contributed by atoms with Crippen molar-refractivity contribution in [3.05, 3.63) is 0 Å². The largest absolute Gasteiger partial charge is 0.480 e. The first-order valence-electron chi connectivity index (χ1n) is 11.9. The van der Waals surface area contributed by atoms with Gasteiger partial charge in [-0.1, -0.05) is 0 Å². The number of hydrogen-bond acceptors (Lipinski definition) is 15. The zero-order chi connectivity index (χ0) is 27.7. The Labute approximate surface area is 218 Å². The number of carboxylic acids is 1. The predicted molar refractivity (Wildman–Crippen MR) is 125 cm³/mol. The van der Waals surface area contributed by atoms with Crippen LogP contribution in [-0.4, -0.2) is 152 Å². The topological polar surface area (TPSA) is 251 Å². The van der Waals surface area contributed by atoms with E-state index in [1.54, 1.807) is 0 Å². The first kappa shape index (κ1) is 32.5. The molecule has 0 aromatic carbocycles. The van der Waals surface area contributed by atoms with Gasteiger partial charge in [-0.15, -0.1) is 0 Å². The maximum Gasteiger partial charge on any atom is 0.321 e. The van der Waals surface area contributed by atoms with E-state index < -0.39 is 99.5 Å². The third-order valence-corrected chi connectivity index (χ3v) is 7.21. The van der Waals surface area contributed by atoms with Gasteiger partial charge >= 0.3 is 5.97 Å². The van der Waals surface area contributed by atoms with Crippen LogP contribution in [0.4, 0.5) is 0 Å². The first-order valence-corrected chi connectivity index (χ1v) is 13.0. The molecule has 15 nitrogen and oxygen atoms in total. The van der Waals surface area contributed by atoms with E-state index in [4.69, 9.17) is 34.5 Å². The highest BCUT2D eigenvalue weighted by molar-refractivity contribution is 7.99. The molecule has 218 valence electrons. The van der Waals surface area contributed by atoms with Gasteiger partial charge in [0.25, 0.3) is 0 Å². The molecule has 0 saturated carbocycles. The Bertz CT molecular complexity index is 677. The summed E-state index contributed by atoms with van der Waals surface area (Å²) in [5.41, 5.74) is 5.50. The Hall–Kier alpha value is -0.700. The fourth-order valence-electron chi connectivity index (χ4n) is 3.80. The molecule has 0 aromatic rings. The second-order valence-electron chi connectivity index (χ2n) is 9.00. The fourth-order valence-corrected chi connectivity index (χ4v) is 4.86. The van der Waals surface area contributed by atoms with Gasteiger partial charge in [0.2, 0.25) is 0 Å². The Morgan fingerprint density at radius 3 is 2.35 bits per heavy atom. The monoisotopic (exact) mass is 561 g/mol. The summed E-state index contributed by atoms with van der Waals surface area (Å²) in [5, 5.41) is 77.8. The molecule has 2 aliphatic heterocycles. The minimum absolute atomic E-state index is 0.0480. The lowest BCUT2D eigenvalue weighted by Gasteiger charge is -2.43. The van der Waals surface area contributed by atoms with Crippen LogP contribution >= 0.6 is 11.8 Å². The average molecular weight is 562 g/mol. The summed E-state index contributed by atoms with van der Waals surface area (Å²) in [4.78, 5) is 10.9. The number of carbonyl (C=O) groups is 1. The highest BCUT2D eigenvalue weighted by Gasteiger charge is 2.43. The maximum absolute atomic E-state index is 10.9. The molecule has 37 heavy (non-hydrogen) atoms. The van der Waals surface area contributed by atoms with Gasteiger partial charge < -0.3 is 70.3 Å². The van der Waals surface area contributed by atoms with Gasteiger partial charge in [0.1, 0.15) is 43.4 Å². The number of nitrogens with two attached hydrogens (primary N) is 1. The second kappa shape index (κ2) is 15.8. The van der Waals surface area contributed by atoms with E-state index in [1.807, 2.05) is 0 Å². The van der Waals surface area contributed by atoms with Crippen LogP contribution in [0.3, 0.4) is 0 Å². The van der Waals surface area contributed by atoms with Crippen molar-refractivity contribution in [1.29, 1.82) is 0 Å². The molecule has 2 fully saturated rings. The standard InChI is InChI=1S/C21H39NO14S/c1-9(25)18(28)16(5-24)33-8-32-13-3-12(27)21(36-15(13)4-23)35-14-2-11(26)20(31)34-17(14)7-37-6-10(22)19(29)30/h9-18,20-21,23-28,31H,2-8,22H2,1H3,(H,29,30)/t9?,10-,11?,12?,13+,14+,15?,16?,17?,18+,20-,21-/m1/s1. The third kappa shape index (κ3) is 9.77. The lowest BCUT2D eigenvalue weighted by atomic mass is 10.0. The van der Waals surface area contributed by atoms with Crippen LogP contribution in [0.5, 0.6) is 0 Å². The number of carboxylic acid groups (broad SMARTS) is 1. The summed E-state index contributed by atoms with van der Waals surface area (Å²) >= 11 is 1.16. The smallest absolute Gasteiger partial charge is 0.321 e. The van der Waals surface area contributed by atoms with Gasteiger partial charge in [0, 0.05) is 24.3 Å². The molecule has 0 aliphatic carbocycles. The number of ether oxygens (including phenoxy) is 5. The quantitative estimate of drug-likeness (QED) is 0.0862. The van der Waals surface area contributed by atoms with E-state index in [0.29, 0.717) is 0 Å². The molecule has 0 bridgehead atoms. The van der Waals surface area contributed by atoms with Crippen LogP contribution in [-0.2, 0) is 28.5 Å². The average Bonchev–Trinajstić information content (AvgIpc) is 2.85. The van der Waals surface area contributed by atoms with Crippen LogP contribution in [0.2, 0.25) is 0 Å². The van der Waals surface area contributed by atoms with Crippen molar-refractivity contribution in [3.63, 3.8) is 0 Å². The van der Waals surface area contributed by atoms with Crippen LogP contribution in [0.25, 0.3) is 0 Å². The van der Waals surface area contributed by atoms with E-state index >= 15 is 0 Å². The van der Waals surface area contributed by atoms with E-state index in [9.17, 15) is 40.5 Å². The highest BCUT2D eigenvalue weighted by atomic mass is 32.2. The predicted octanol–water partition coefficient (Wildman–Crippen LogP) is -4.08.